The summed E-state index contributed by atoms with van der Waals surface area (Å²) in [6, 6.07) is 5.19. The largest absolute Gasteiger partial charge is 0.399 e. The van der Waals surface area contributed by atoms with Gasteiger partial charge in [0, 0.05) is 29.5 Å². The third-order valence-corrected chi connectivity index (χ3v) is 3.50. The second-order valence-corrected chi connectivity index (χ2v) is 5.27. The number of anilines is 1. The van der Waals surface area contributed by atoms with Crippen molar-refractivity contribution in [3.8, 4) is 0 Å². The lowest BCUT2D eigenvalue weighted by molar-refractivity contribution is 0.0953. The molecule has 2 rings (SSSR count). The molecular formula is C14H16N4OS. The summed E-state index contributed by atoms with van der Waals surface area (Å²) < 4.78 is 0. The fourth-order valence-corrected chi connectivity index (χ4v) is 2.47. The minimum atomic E-state index is -0.123. The van der Waals surface area contributed by atoms with Gasteiger partial charge in [0.15, 0.2) is 5.16 Å². The van der Waals surface area contributed by atoms with Crippen molar-refractivity contribution < 1.29 is 4.79 Å². The summed E-state index contributed by atoms with van der Waals surface area (Å²) >= 11 is 1.33. The Balaban J connectivity index is 2.31. The molecule has 0 radical (unpaired) electrons. The van der Waals surface area contributed by atoms with E-state index in [1.807, 2.05) is 13.8 Å². The first kappa shape index (κ1) is 14.3. The van der Waals surface area contributed by atoms with Crippen LogP contribution in [0.3, 0.4) is 0 Å². The zero-order chi connectivity index (χ0) is 14.5. The molecule has 0 aliphatic carbocycles. The van der Waals surface area contributed by atoms with Crippen LogP contribution in [0.25, 0.3) is 0 Å². The first-order valence-electron chi connectivity index (χ1n) is 6.24. The highest BCUT2D eigenvalue weighted by molar-refractivity contribution is 7.99. The van der Waals surface area contributed by atoms with Gasteiger partial charge in [-0.1, -0.05) is 0 Å². The summed E-state index contributed by atoms with van der Waals surface area (Å²) in [7, 11) is 0. The molecule has 0 spiro atoms. The standard InChI is InChI=1S/C14H16N4OS/c1-3-16-13(19)11-5-4-10(15)6-12(11)20-14-17-7-9(2)8-18-14/h4-8H,3,15H2,1-2H3,(H,16,19). The summed E-state index contributed by atoms with van der Waals surface area (Å²) in [5.41, 5.74) is 7.97. The Bertz CT molecular complexity index is 613. The summed E-state index contributed by atoms with van der Waals surface area (Å²) in [4.78, 5) is 21.2. The van der Waals surface area contributed by atoms with Crippen molar-refractivity contribution >= 4 is 23.4 Å². The minimum absolute atomic E-state index is 0.123. The van der Waals surface area contributed by atoms with Crippen LogP contribution in [0, 0.1) is 6.92 Å². The fourth-order valence-electron chi connectivity index (χ4n) is 1.60. The van der Waals surface area contributed by atoms with Gasteiger partial charge in [-0.05, 0) is 49.4 Å². The highest BCUT2D eigenvalue weighted by Crippen LogP contribution is 2.29. The summed E-state index contributed by atoms with van der Waals surface area (Å²) in [5, 5.41) is 3.37. The maximum absolute atomic E-state index is 12.0. The van der Waals surface area contributed by atoms with Gasteiger partial charge in [0.1, 0.15) is 0 Å². The van der Waals surface area contributed by atoms with Gasteiger partial charge in [-0.2, -0.15) is 0 Å². The van der Waals surface area contributed by atoms with E-state index in [1.165, 1.54) is 11.8 Å². The topological polar surface area (TPSA) is 80.9 Å². The van der Waals surface area contributed by atoms with Gasteiger partial charge in [0.25, 0.3) is 5.91 Å². The Morgan fingerprint density at radius 3 is 2.70 bits per heavy atom. The second kappa shape index (κ2) is 6.38. The van der Waals surface area contributed by atoms with Crippen molar-refractivity contribution in [1.82, 2.24) is 15.3 Å². The van der Waals surface area contributed by atoms with Gasteiger partial charge in [-0.15, -0.1) is 0 Å². The summed E-state index contributed by atoms with van der Waals surface area (Å²) in [5.74, 6) is -0.123. The number of amides is 1. The van der Waals surface area contributed by atoms with Crippen molar-refractivity contribution in [2.75, 3.05) is 12.3 Å². The van der Waals surface area contributed by atoms with E-state index in [2.05, 4.69) is 15.3 Å². The molecule has 0 saturated carbocycles. The minimum Gasteiger partial charge on any atom is -0.399 e. The average molecular weight is 288 g/mol. The lowest BCUT2D eigenvalue weighted by Crippen LogP contribution is -2.23. The lowest BCUT2D eigenvalue weighted by Gasteiger charge is -2.09. The van der Waals surface area contributed by atoms with Gasteiger partial charge in [0.2, 0.25) is 0 Å². The molecule has 1 aromatic carbocycles. The number of nitrogen functional groups attached to an aromatic ring is 1. The zero-order valence-electron chi connectivity index (χ0n) is 11.4. The molecule has 1 heterocycles. The van der Waals surface area contributed by atoms with E-state index in [9.17, 15) is 4.79 Å². The lowest BCUT2D eigenvalue weighted by atomic mass is 10.2. The number of aromatic nitrogens is 2. The third-order valence-electron chi connectivity index (χ3n) is 2.55. The molecule has 0 atom stereocenters. The van der Waals surface area contributed by atoms with E-state index in [1.54, 1.807) is 30.6 Å². The second-order valence-electron chi connectivity index (χ2n) is 4.26. The molecule has 5 nitrogen and oxygen atoms in total. The molecule has 0 aliphatic heterocycles. The first-order valence-corrected chi connectivity index (χ1v) is 7.06. The number of nitrogens with one attached hydrogen (secondary N) is 1. The van der Waals surface area contributed by atoms with Crippen LogP contribution in [0.2, 0.25) is 0 Å². The number of carbonyl (C=O) groups excluding carboxylic acids is 1. The van der Waals surface area contributed by atoms with Crippen LogP contribution in [0.1, 0.15) is 22.8 Å². The SMILES string of the molecule is CCNC(=O)c1ccc(N)cc1Sc1ncc(C)cn1. The number of hydrogen-bond acceptors (Lipinski definition) is 5. The molecule has 0 unspecified atom stereocenters. The zero-order valence-corrected chi connectivity index (χ0v) is 12.2. The Morgan fingerprint density at radius 2 is 2.05 bits per heavy atom. The highest BCUT2D eigenvalue weighted by Gasteiger charge is 2.13. The molecule has 0 bridgehead atoms. The van der Waals surface area contributed by atoms with Gasteiger partial charge in [0.05, 0.1) is 5.56 Å². The van der Waals surface area contributed by atoms with Crippen LogP contribution >= 0.6 is 11.8 Å². The van der Waals surface area contributed by atoms with Gasteiger partial charge in [-0.3, -0.25) is 4.79 Å². The van der Waals surface area contributed by atoms with Crippen LogP contribution < -0.4 is 11.1 Å². The molecule has 104 valence electrons. The monoisotopic (exact) mass is 288 g/mol. The Morgan fingerprint density at radius 1 is 1.35 bits per heavy atom. The van der Waals surface area contributed by atoms with Crippen molar-refractivity contribution in [3.05, 3.63) is 41.7 Å². The molecule has 6 heteroatoms. The van der Waals surface area contributed by atoms with E-state index in [0.717, 1.165) is 10.5 Å². The quantitative estimate of drug-likeness (QED) is 0.666. The van der Waals surface area contributed by atoms with Crippen molar-refractivity contribution in [2.24, 2.45) is 0 Å². The van der Waals surface area contributed by atoms with Crippen LogP contribution in [-0.4, -0.2) is 22.4 Å². The Kier molecular flexibility index (Phi) is 4.57. The number of carbonyl (C=O) groups is 1. The van der Waals surface area contributed by atoms with Gasteiger partial charge in [-0.25, -0.2) is 9.97 Å². The molecule has 1 amide bonds. The van der Waals surface area contributed by atoms with E-state index in [4.69, 9.17) is 5.73 Å². The van der Waals surface area contributed by atoms with E-state index in [0.29, 0.717) is 23.0 Å². The van der Waals surface area contributed by atoms with E-state index in [-0.39, 0.29) is 5.91 Å². The molecule has 20 heavy (non-hydrogen) atoms. The van der Waals surface area contributed by atoms with Gasteiger partial charge >= 0.3 is 0 Å². The predicted molar refractivity (Wildman–Crippen MR) is 79.8 cm³/mol. The molecular weight excluding hydrogens is 272 g/mol. The Labute approximate surface area is 122 Å². The number of nitrogens with zero attached hydrogens (tertiary/aromatic N) is 2. The van der Waals surface area contributed by atoms with Crippen molar-refractivity contribution in [3.63, 3.8) is 0 Å². The number of nitrogens with two attached hydrogens (primary N) is 1. The number of aryl methyl sites for hydroxylation is 1. The van der Waals surface area contributed by atoms with Gasteiger partial charge < -0.3 is 11.1 Å². The molecule has 1 aromatic heterocycles. The number of benzene rings is 1. The molecule has 2 aromatic rings. The van der Waals surface area contributed by atoms with Crippen LogP contribution in [0.4, 0.5) is 5.69 Å². The van der Waals surface area contributed by atoms with Crippen LogP contribution in [0.5, 0.6) is 0 Å². The summed E-state index contributed by atoms with van der Waals surface area (Å²) in [6.45, 7) is 4.38. The van der Waals surface area contributed by atoms with Crippen molar-refractivity contribution in [2.45, 2.75) is 23.9 Å². The maximum Gasteiger partial charge on any atom is 0.252 e. The van der Waals surface area contributed by atoms with Crippen molar-refractivity contribution in [1.29, 1.82) is 0 Å². The number of rotatable bonds is 4. The maximum atomic E-state index is 12.0. The highest BCUT2D eigenvalue weighted by atomic mass is 32.2. The van der Waals surface area contributed by atoms with E-state index < -0.39 is 0 Å². The van der Waals surface area contributed by atoms with E-state index >= 15 is 0 Å². The molecule has 0 saturated heterocycles. The molecule has 3 N–H and O–H groups in total. The Hall–Kier alpha value is -2.08. The van der Waals surface area contributed by atoms with Crippen LogP contribution in [0.15, 0.2) is 40.6 Å². The summed E-state index contributed by atoms with van der Waals surface area (Å²) in [6.07, 6.45) is 3.49. The average Bonchev–Trinajstić information content (AvgIpc) is 2.42. The predicted octanol–water partition coefficient (Wildman–Crippen LogP) is 2.27. The fraction of sp³-hybridized carbons (Fsp3) is 0.214. The molecule has 0 aliphatic rings. The smallest absolute Gasteiger partial charge is 0.252 e. The third kappa shape index (κ3) is 3.48. The number of hydrogen-bond donors (Lipinski definition) is 2. The molecule has 0 fully saturated rings. The first-order chi connectivity index (χ1) is 9.60. The normalized spacial score (nSPS) is 10.3. The van der Waals surface area contributed by atoms with Crippen LogP contribution in [-0.2, 0) is 0 Å².